The molecule has 0 aromatic carbocycles. The number of carboxylic acid groups (broad SMARTS) is 1. The molecule has 0 spiro atoms. The molecule has 1 heterocycles. The van der Waals surface area contributed by atoms with Crippen molar-refractivity contribution in [3.05, 3.63) is 23.9 Å². The molecule has 2 N–H and O–H groups in total. The third kappa shape index (κ3) is 5.26. The highest BCUT2D eigenvalue weighted by Gasteiger charge is 2.04. The molecule has 1 aromatic rings. The van der Waals surface area contributed by atoms with Crippen molar-refractivity contribution in [1.29, 1.82) is 0 Å². The molecular formula is C11H14N2O5. The number of aliphatic carboxylic acids is 1. The Bertz CT molecular complexity index is 404. The summed E-state index contributed by atoms with van der Waals surface area (Å²) in [5, 5.41) is 10.9. The second-order valence-electron chi connectivity index (χ2n) is 3.37. The molecule has 7 heteroatoms. The molecule has 0 saturated carbocycles. The number of aromatic nitrogens is 1. The van der Waals surface area contributed by atoms with Crippen molar-refractivity contribution in [2.75, 3.05) is 20.3 Å². The summed E-state index contributed by atoms with van der Waals surface area (Å²) in [5.41, 5.74) is 0.808. The van der Waals surface area contributed by atoms with E-state index in [1.807, 2.05) is 0 Å². The van der Waals surface area contributed by atoms with Gasteiger partial charge in [-0.05, 0) is 5.56 Å². The average molecular weight is 254 g/mol. The lowest BCUT2D eigenvalue weighted by molar-refractivity contribution is -0.143. The van der Waals surface area contributed by atoms with E-state index in [-0.39, 0.29) is 12.5 Å². The molecule has 0 aliphatic carbocycles. The van der Waals surface area contributed by atoms with E-state index in [2.05, 4.69) is 15.0 Å². The number of carboxylic acids is 1. The van der Waals surface area contributed by atoms with Crippen molar-refractivity contribution in [1.82, 2.24) is 10.3 Å². The van der Waals surface area contributed by atoms with Gasteiger partial charge in [-0.3, -0.25) is 4.79 Å². The van der Waals surface area contributed by atoms with Gasteiger partial charge in [-0.1, -0.05) is 6.07 Å². The molecule has 1 aromatic heterocycles. The number of ether oxygens (including phenoxy) is 2. The maximum absolute atomic E-state index is 11.2. The number of amides is 1. The SMILES string of the molecule is COc1ccc(CNC(=O)COCC(=O)O)cn1. The predicted octanol–water partition coefficient (Wildman–Crippen LogP) is -0.192. The number of nitrogens with one attached hydrogen (secondary N) is 1. The Morgan fingerprint density at radius 3 is 2.72 bits per heavy atom. The maximum atomic E-state index is 11.2. The highest BCUT2D eigenvalue weighted by Crippen LogP contribution is 2.05. The van der Waals surface area contributed by atoms with Crippen molar-refractivity contribution in [3.8, 4) is 5.88 Å². The minimum Gasteiger partial charge on any atom is -0.481 e. The normalized spacial score (nSPS) is 9.83. The summed E-state index contributed by atoms with van der Waals surface area (Å²) in [6, 6.07) is 3.45. The zero-order chi connectivity index (χ0) is 13.4. The molecule has 0 aliphatic heterocycles. The van der Waals surface area contributed by atoms with Crippen LogP contribution in [0.25, 0.3) is 0 Å². The number of hydrogen-bond acceptors (Lipinski definition) is 5. The number of carbonyl (C=O) groups is 2. The first-order valence-electron chi connectivity index (χ1n) is 5.17. The summed E-state index contributed by atoms with van der Waals surface area (Å²) in [6.07, 6.45) is 1.58. The van der Waals surface area contributed by atoms with Crippen molar-refractivity contribution >= 4 is 11.9 Å². The Morgan fingerprint density at radius 1 is 1.39 bits per heavy atom. The molecule has 0 radical (unpaired) electrons. The van der Waals surface area contributed by atoms with Crippen molar-refractivity contribution in [2.45, 2.75) is 6.54 Å². The number of rotatable bonds is 7. The Balaban J connectivity index is 2.26. The van der Waals surface area contributed by atoms with Crippen LogP contribution in [-0.2, 0) is 20.9 Å². The fraction of sp³-hybridized carbons (Fsp3) is 0.364. The van der Waals surface area contributed by atoms with Crippen LogP contribution in [0.15, 0.2) is 18.3 Å². The average Bonchev–Trinajstić information content (AvgIpc) is 2.36. The maximum Gasteiger partial charge on any atom is 0.329 e. The largest absolute Gasteiger partial charge is 0.481 e. The number of carbonyl (C=O) groups excluding carboxylic acids is 1. The van der Waals surface area contributed by atoms with Crippen molar-refractivity contribution in [3.63, 3.8) is 0 Å². The smallest absolute Gasteiger partial charge is 0.329 e. The molecular weight excluding hydrogens is 240 g/mol. The molecule has 0 unspecified atom stereocenters. The zero-order valence-electron chi connectivity index (χ0n) is 9.88. The summed E-state index contributed by atoms with van der Waals surface area (Å²) in [7, 11) is 1.52. The van der Waals surface area contributed by atoms with E-state index < -0.39 is 12.6 Å². The van der Waals surface area contributed by atoms with Crippen LogP contribution < -0.4 is 10.1 Å². The summed E-state index contributed by atoms with van der Waals surface area (Å²) in [4.78, 5) is 25.4. The highest BCUT2D eigenvalue weighted by atomic mass is 16.5. The first kappa shape index (κ1) is 13.9. The Morgan fingerprint density at radius 2 is 2.17 bits per heavy atom. The van der Waals surface area contributed by atoms with E-state index in [1.165, 1.54) is 7.11 Å². The Hall–Kier alpha value is -2.15. The lowest BCUT2D eigenvalue weighted by Crippen LogP contribution is -2.28. The summed E-state index contributed by atoms with van der Waals surface area (Å²) < 4.78 is 9.53. The van der Waals surface area contributed by atoms with Crippen LogP contribution in [0.2, 0.25) is 0 Å². The van der Waals surface area contributed by atoms with Gasteiger partial charge in [-0.2, -0.15) is 0 Å². The van der Waals surface area contributed by atoms with E-state index in [9.17, 15) is 9.59 Å². The summed E-state index contributed by atoms with van der Waals surface area (Å²) in [6.45, 7) is -0.473. The monoisotopic (exact) mass is 254 g/mol. The Kier molecular flexibility index (Phi) is 5.59. The quantitative estimate of drug-likeness (QED) is 0.699. The molecule has 0 atom stereocenters. The first-order valence-corrected chi connectivity index (χ1v) is 5.17. The molecule has 7 nitrogen and oxygen atoms in total. The van der Waals surface area contributed by atoms with Crippen LogP contribution in [0.3, 0.4) is 0 Å². The van der Waals surface area contributed by atoms with Crippen molar-refractivity contribution < 1.29 is 24.2 Å². The molecule has 1 rings (SSSR count). The topological polar surface area (TPSA) is 97.8 Å². The molecule has 0 bridgehead atoms. The molecule has 0 fully saturated rings. The minimum absolute atomic E-state index is 0.282. The summed E-state index contributed by atoms with van der Waals surface area (Å²) >= 11 is 0. The fourth-order valence-electron chi connectivity index (χ4n) is 1.12. The van der Waals surface area contributed by atoms with Crippen LogP contribution in [0.5, 0.6) is 5.88 Å². The van der Waals surface area contributed by atoms with E-state index in [0.29, 0.717) is 12.4 Å². The standard InChI is InChI=1S/C11H14N2O5/c1-17-10-3-2-8(5-13-10)4-12-9(14)6-18-7-11(15)16/h2-3,5H,4,6-7H2,1H3,(H,12,14)(H,15,16). The lowest BCUT2D eigenvalue weighted by atomic mass is 10.3. The first-order chi connectivity index (χ1) is 8.61. The molecule has 0 aliphatic rings. The van der Waals surface area contributed by atoms with Gasteiger partial charge in [0.1, 0.15) is 13.2 Å². The lowest BCUT2D eigenvalue weighted by Gasteiger charge is -2.05. The van der Waals surface area contributed by atoms with Gasteiger partial charge >= 0.3 is 5.97 Å². The van der Waals surface area contributed by atoms with Gasteiger partial charge in [0, 0.05) is 18.8 Å². The van der Waals surface area contributed by atoms with Crippen LogP contribution in [-0.4, -0.2) is 42.3 Å². The minimum atomic E-state index is -1.11. The molecule has 18 heavy (non-hydrogen) atoms. The van der Waals surface area contributed by atoms with E-state index in [4.69, 9.17) is 9.84 Å². The van der Waals surface area contributed by atoms with Crippen LogP contribution in [0.4, 0.5) is 0 Å². The van der Waals surface area contributed by atoms with E-state index in [1.54, 1.807) is 18.3 Å². The second-order valence-corrected chi connectivity index (χ2v) is 3.37. The fourth-order valence-corrected chi connectivity index (χ4v) is 1.12. The predicted molar refractivity (Wildman–Crippen MR) is 61.1 cm³/mol. The van der Waals surface area contributed by atoms with E-state index in [0.717, 1.165) is 5.56 Å². The van der Waals surface area contributed by atoms with Gasteiger partial charge in [-0.25, -0.2) is 9.78 Å². The van der Waals surface area contributed by atoms with Crippen molar-refractivity contribution in [2.24, 2.45) is 0 Å². The molecule has 1 amide bonds. The highest BCUT2D eigenvalue weighted by molar-refractivity contribution is 5.77. The third-order valence-electron chi connectivity index (χ3n) is 1.96. The van der Waals surface area contributed by atoms with Crippen LogP contribution in [0, 0.1) is 0 Å². The van der Waals surface area contributed by atoms with Gasteiger partial charge in [0.2, 0.25) is 11.8 Å². The van der Waals surface area contributed by atoms with Gasteiger partial charge in [0.05, 0.1) is 7.11 Å². The number of methoxy groups -OCH3 is 1. The van der Waals surface area contributed by atoms with Gasteiger partial charge in [0.25, 0.3) is 0 Å². The van der Waals surface area contributed by atoms with Gasteiger partial charge < -0.3 is 19.9 Å². The van der Waals surface area contributed by atoms with Gasteiger partial charge in [0.15, 0.2) is 0 Å². The number of hydrogen-bond donors (Lipinski definition) is 2. The van der Waals surface area contributed by atoms with Gasteiger partial charge in [-0.15, -0.1) is 0 Å². The molecule has 0 saturated heterocycles. The zero-order valence-corrected chi connectivity index (χ0v) is 9.88. The van der Waals surface area contributed by atoms with Crippen LogP contribution in [0.1, 0.15) is 5.56 Å². The molecule has 98 valence electrons. The third-order valence-corrected chi connectivity index (χ3v) is 1.96. The number of nitrogens with zero attached hydrogens (tertiary/aromatic N) is 1. The van der Waals surface area contributed by atoms with Crippen LogP contribution >= 0.6 is 0 Å². The Labute approximate surface area is 104 Å². The second kappa shape index (κ2) is 7.23. The summed E-state index contributed by atoms with van der Waals surface area (Å²) in [5.74, 6) is -0.996. The van der Waals surface area contributed by atoms with E-state index >= 15 is 0 Å². The number of pyridine rings is 1.